The molecule has 2 saturated carbocycles. The summed E-state index contributed by atoms with van der Waals surface area (Å²) in [5.74, 6) is -0.195. The molecule has 0 bridgehead atoms. The molecule has 4 N–H and O–H groups in total. The van der Waals surface area contributed by atoms with Gasteiger partial charge < -0.3 is 21.3 Å². The monoisotopic (exact) mass is 418 g/mol. The van der Waals surface area contributed by atoms with Crippen LogP contribution in [0.5, 0.6) is 0 Å². The van der Waals surface area contributed by atoms with Gasteiger partial charge in [0, 0.05) is 31.2 Å². The zero-order chi connectivity index (χ0) is 21.2. The lowest BCUT2D eigenvalue weighted by Crippen LogP contribution is -2.43. The van der Waals surface area contributed by atoms with Gasteiger partial charge in [0.15, 0.2) is 0 Å². The van der Waals surface area contributed by atoms with Crippen LogP contribution in [0, 0.1) is 0 Å². The van der Waals surface area contributed by atoms with Gasteiger partial charge in [0.25, 0.3) is 0 Å². The van der Waals surface area contributed by atoms with Crippen molar-refractivity contribution in [2.45, 2.75) is 89.3 Å². The summed E-state index contributed by atoms with van der Waals surface area (Å²) in [5, 5.41) is 15.7. The number of hydrogen-bond acceptors (Lipinski definition) is 4. The zero-order valence-electron chi connectivity index (χ0n) is 17.6. The minimum atomic E-state index is -0.153. The molecule has 166 valence electrons. The van der Waals surface area contributed by atoms with Gasteiger partial charge in [0.2, 0.25) is 11.8 Å². The van der Waals surface area contributed by atoms with Crippen molar-refractivity contribution < 1.29 is 14.4 Å². The number of carbonyl (C=O) groups excluding carboxylic acids is 3. The summed E-state index contributed by atoms with van der Waals surface area (Å²) in [6.45, 7) is 0.596. The normalized spacial score (nSPS) is 17.5. The average Bonchev–Trinajstić information content (AvgIpc) is 3.38. The number of urea groups is 1. The summed E-state index contributed by atoms with van der Waals surface area (Å²) in [5.41, 5.74) is 0.566. The Bertz CT molecular complexity index is 707. The van der Waals surface area contributed by atoms with Crippen LogP contribution in [0.4, 0.5) is 10.5 Å². The van der Waals surface area contributed by atoms with Crippen molar-refractivity contribution in [3.05, 3.63) is 12.4 Å². The number of anilines is 1. The summed E-state index contributed by atoms with van der Waals surface area (Å²) < 4.78 is 1.52. The molecule has 1 aromatic rings. The standard InChI is InChI=1S/C21H34N6O3/c28-19(11-6-12-22-21(30)26-17-7-2-1-3-8-17)25-18-13-23-27(14-18)15-20(29)24-16-9-4-5-10-16/h13-14,16-17H,1-12,15H2,(H,24,29)(H,25,28)(H2,22,26,30). The van der Waals surface area contributed by atoms with Crippen molar-refractivity contribution in [1.82, 2.24) is 25.7 Å². The van der Waals surface area contributed by atoms with Crippen molar-refractivity contribution in [1.29, 1.82) is 0 Å². The minimum Gasteiger partial charge on any atom is -0.352 e. The molecule has 4 amide bonds. The second kappa shape index (κ2) is 11.6. The lowest BCUT2D eigenvalue weighted by molar-refractivity contribution is -0.122. The summed E-state index contributed by atoms with van der Waals surface area (Å²) >= 11 is 0. The van der Waals surface area contributed by atoms with Crippen molar-refractivity contribution in [3.63, 3.8) is 0 Å². The molecule has 9 heteroatoms. The van der Waals surface area contributed by atoms with E-state index in [4.69, 9.17) is 0 Å². The van der Waals surface area contributed by atoms with Crippen molar-refractivity contribution in [3.8, 4) is 0 Å². The second-order valence-corrected chi connectivity index (χ2v) is 8.36. The number of aromatic nitrogens is 2. The van der Waals surface area contributed by atoms with E-state index in [1.54, 1.807) is 6.20 Å². The molecule has 0 radical (unpaired) electrons. The summed E-state index contributed by atoms with van der Waals surface area (Å²) in [6.07, 6.45) is 14.2. The number of rotatable bonds is 9. The Labute approximate surface area is 177 Å². The Morgan fingerprint density at radius 3 is 2.33 bits per heavy atom. The van der Waals surface area contributed by atoms with E-state index < -0.39 is 0 Å². The largest absolute Gasteiger partial charge is 0.352 e. The Balaban J connectivity index is 1.27. The van der Waals surface area contributed by atoms with Gasteiger partial charge in [-0.2, -0.15) is 5.10 Å². The van der Waals surface area contributed by atoms with Crippen LogP contribution < -0.4 is 21.3 Å². The van der Waals surface area contributed by atoms with Gasteiger partial charge in [0.1, 0.15) is 6.54 Å². The maximum Gasteiger partial charge on any atom is 0.315 e. The Kier molecular flexibility index (Phi) is 8.53. The van der Waals surface area contributed by atoms with Gasteiger partial charge in [-0.1, -0.05) is 32.1 Å². The van der Waals surface area contributed by atoms with E-state index in [2.05, 4.69) is 26.4 Å². The molecule has 0 atom stereocenters. The number of hydrogen-bond donors (Lipinski definition) is 4. The summed E-state index contributed by atoms with van der Waals surface area (Å²) in [6, 6.07) is 0.406. The topological polar surface area (TPSA) is 117 Å². The zero-order valence-corrected chi connectivity index (χ0v) is 17.6. The van der Waals surface area contributed by atoms with E-state index >= 15 is 0 Å². The molecule has 2 fully saturated rings. The molecule has 3 rings (SSSR count). The van der Waals surface area contributed by atoms with Gasteiger partial charge in [-0.25, -0.2) is 4.79 Å². The minimum absolute atomic E-state index is 0.0551. The quantitative estimate of drug-likeness (QED) is 0.460. The number of nitrogens with zero attached hydrogens (tertiary/aromatic N) is 2. The van der Waals surface area contributed by atoms with Crippen LogP contribution in [0.15, 0.2) is 12.4 Å². The third-order valence-corrected chi connectivity index (χ3v) is 5.75. The maximum atomic E-state index is 12.1. The fourth-order valence-corrected chi connectivity index (χ4v) is 4.16. The van der Waals surface area contributed by atoms with Crippen molar-refractivity contribution >= 4 is 23.5 Å². The molecule has 30 heavy (non-hydrogen) atoms. The third-order valence-electron chi connectivity index (χ3n) is 5.75. The number of amides is 4. The molecule has 2 aliphatic carbocycles. The van der Waals surface area contributed by atoms with E-state index in [0.29, 0.717) is 25.1 Å². The number of carbonyl (C=O) groups is 3. The van der Waals surface area contributed by atoms with Crippen LogP contribution >= 0.6 is 0 Å². The van der Waals surface area contributed by atoms with Crippen molar-refractivity contribution in [2.24, 2.45) is 0 Å². The fourth-order valence-electron chi connectivity index (χ4n) is 4.16. The highest BCUT2D eigenvalue weighted by Gasteiger charge is 2.18. The van der Waals surface area contributed by atoms with Crippen LogP contribution in [-0.2, 0) is 16.1 Å². The van der Waals surface area contributed by atoms with E-state index in [1.807, 2.05) is 0 Å². The van der Waals surface area contributed by atoms with Crippen LogP contribution in [0.2, 0.25) is 0 Å². The Morgan fingerprint density at radius 1 is 0.933 bits per heavy atom. The maximum absolute atomic E-state index is 12.1. The second-order valence-electron chi connectivity index (χ2n) is 8.36. The Morgan fingerprint density at radius 2 is 1.60 bits per heavy atom. The molecule has 0 aromatic carbocycles. The molecule has 0 aliphatic heterocycles. The van der Waals surface area contributed by atoms with Crippen LogP contribution in [0.1, 0.15) is 70.6 Å². The van der Waals surface area contributed by atoms with E-state index in [-0.39, 0.29) is 36.5 Å². The predicted octanol–water partition coefficient (Wildman–Crippen LogP) is 2.29. The van der Waals surface area contributed by atoms with Crippen molar-refractivity contribution in [2.75, 3.05) is 11.9 Å². The molecule has 2 aliphatic rings. The van der Waals surface area contributed by atoms with Gasteiger partial charge in [-0.05, 0) is 32.1 Å². The first-order chi connectivity index (χ1) is 14.6. The molecule has 1 aromatic heterocycles. The fraction of sp³-hybridized carbons (Fsp3) is 0.714. The van der Waals surface area contributed by atoms with Gasteiger partial charge in [-0.3, -0.25) is 14.3 Å². The van der Waals surface area contributed by atoms with Crippen LogP contribution in [0.25, 0.3) is 0 Å². The van der Waals surface area contributed by atoms with E-state index in [9.17, 15) is 14.4 Å². The smallest absolute Gasteiger partial charge is 0.315 e. The molecule has 0 saturated heterocycles. The van der Waals surface area contributed by atoms with Gasteiger partial charge >= 0.3 is 6.03 Å². The number of nitrogens with one attached hydrogen (secondary N) is 4. The lowest BCUT2D eigenvalue weighted by Gasteiger charge is -2.22. The SMILES string of the molecule is O=C(CCCNC(=O)NC1CCCCC1)Nc1cnn(CC(=O)NC2CCCC2)c1. The first kappa shape index (κ1) is 22.1. The predicted molar refractivity (Wildman–Crippen MR) is 114 cm³/mol. The highest BCUT2D eigenvalue weighted by atomic mass is 16.2. The molecule has 0 spiro atoms. The first-order valence-electron chi connectivity index (χ1n) is 11.2. The summed E-state index contributed by atoms with van der Waals surface area (Å²) in [4.78, 5) is 36.0. The Hall–Kier alpha value is -2.58. The van der Waals surface area contributed by atoms with E-state index in [0.717, 1.165) is 25.7 Å². The molecular formula is C21H34N6O3. The highest BCUT2D eigenvalue weighted by Crippen LogP contribution is 2.18. The molecular weight excluding hydrogens is 384 g/mol. The van der Waals surface area contributed by atoms with Crippen LogP contribution in [-0.4, -0.2) is 46.3 Å². The lowest BCUT2D eigenvalue weighted by atomic mass is 9.96. The van der Waals surface area contributed by atoms with Gasteiger partial charge in [0.05, 0.1) is 11.9 Å². The molecule has 9 nitrogen and oxygen atoms in total. The van der Waals surface area contributed by atoms with E-state index in [1.165, 1.54) is 43.0 Å². The highest BCUT2D eigenvalue weighted by molar-refractivity contribution is 5.90. The molecule has 1 heterocycles. The average molecular weight is 419 g/mol. The summed E-state index contributed by atoms with van der Waals surface area (Å²) in [7, 11) is 0. The van der Waals surface area contributed by atoms with Crippen LogP contribution in [0.3, 0.4) is 0 Å². The third kappa shape index (κ3) is 7.68. The molecule has 0 unspecified atom stereocenters. The van der Waals surface area contributed by atoms with Gasteiger partial charge in [-0.15, -0.1) is 0 Å². The first-order valence-corrected chi connectivity index (χ1v) is 11.2.